The van der Waals surface area contributed by atoms with Gasteiger partial charge in [-0.05, 0) is 76.6 Å². The molecule has 4 aromatic rings. The van der Waals surface area contributed by atoms with E-state index >= 15 is 0 Å². The summed E-state index contributed by atoms with van der Waals surface area (Å²) in [6, 6.07) is 21.4. The van der Waals surface area contributed by atoms with Gasteiger partial charge in [0.1, 0.15) is 12.3 Å². The quantitative estimate of drug-likeness (QED) is 0.221. The molecule has 0 aliphatic carbocycles. The highest BCUT2D eigenvalue weighted by molar-refractivity contribution is 7.92. The smallest absolute Gasteiger partial charge is 0.264 e. The molecule has 0 saturated heterocycles. The van der Waals surface area contributed by atoms with Crippen LogP contribution in [0.3, 0.4) is 0 Å². The van der Waals surface area contributed by atoms with E-state index in [2.05, 4.69) is 47.1 Å². The third-order valence-electron chi connectivity index (χ3n) is 6.69. The molecule has 208 valence electrons. The fourth-order valence-electron chi connectivity index (χ4n) is 4.60. The molecule has 0 spiro atoms. The maximum atomic E-state index is 13.6. The second-order valence-corrected chi connectivity index (χ2v) is 11.6. The Morgan fingerprint density at radius 1 is 0.950 bits per heavy atom. The van der Waals surface area contributed by atoms with E-state index < -0.39 is 22.5 Å². The average Bonchev–Trinajstić information content (AvgIpc) is 3.20. The normalized spacial score (nSPS) is 11.6. The van der Waals surface area contributed by atoms with Crippen LogP contribution in [0.5, 0.6) is 5.75 Å². The van der Waals surface area contributed by atoms with Crippen LogP contribution >= 0.6 is 0 Å². The van der Waals surface area contributed by atoms with Gasteiger partial charge in [-0.3, -0.25) is 9.10 Å². The van der Waals surface area contributed by atoms with Crippen molar-refractivity contribution in [3.63, 3.8) is 0 Å². The lowest BCUT2D eigenvalue weighted by Crippen LogP contribution is -2.39. The number of nitrogens with one attached hydrogen (secondary N) is 1. The molecule has 9 heteroatoms. The Morgan fingerprint density at radius 3 is 2.33 bits per heavy atom. The predicted molar refractivity (Wildman–Crippen MR) is 159 cm³/mol. The minimum Gasteiger partial charge on any atom is -0.497 e. The minimum atomic E-state index is -4.05. The van der Waals surface area contributed by atoms with Crippen molar-refractivity contribution in [2.24, 2.45) is 5.10 Å². The van der Waals surface area contributed by atoms with Gasteiger partial charge >= 0.3 is 0 Å². The number of ether oxygens (including phenoxy) is 1. The zero-order valence-corrected chi connectivity index (χ0v) is 24.4. The maximum Gasteiger partial charge on any atom is 0.264 e. The first-order valence-corrected chi connectivity index (χ1v) is 14.3. The SMILES string of the molecule is COc1cccc(N(CC(=O)N/N=C\c2cc(C)n(-c3ccc(C)cc3C)c2C)S(=O)(=O)c2ccc(C)cc2)c1. The lowest BCUT2D eigenvalue weighted by atomic mass is 10.1. The van der Waals surface area contributed by atoms with Gasteiger partial charge < -0.3 is 9.30 Å². The van der Waals surface area contributed by atoms with Gasteiger partial charge in [-0.25, -0.2) is 13.8 Å². The molecule has 0 saturated carbocycles. The number of carbonyl (C=O) groups is 1. The van der Waals surface area contributed by atoms with Crippen LogP contribution in [-0.4, -0.2) is 38.8 Å². The summed E-state index contributed by atoms with van der Waals surface area (Å²) in [5.41, 5.74) is 10.0. The van der Waals surface area contributed by atoms with Crippen molar-refractivity contribution in [2.75, 3.05) is 18.0 Å². The zero-order valence-electron chi connectivity index (χ0n) is 23.6. The molecule has 4 rings (SSSR count). The first-order chi connectivity index (χ1) is 19.0. The number of aryl methyl sites for hydroxylation is 4. The summed E-state index contributed by atoms with van der Waals surface area (Å²) >= 11 is 0. The van der Waals surface area contributed by atoms with Crippen LogP contribution < -0.4 is 14.5 Å². The van der Waals surface area contributed by atoms with Crippen molar-refractivity contribution < 1.29 is 17.9 Å². The standard InChI is InChI=1S/C31H34N4O4S/c1-21-10-13-29(14-11-21)40(37,38)34(27-8-7-9-28(18-27)39-6)20-31(36)33-32-19-26-17-24(4)35(25(26)5)30-15-12-22(2)16-23(30)3/h7-19H,20H2,1-6H3,(H,33,36)/b32-19-. The fraction of sp³-hybridized carbons (Fsp3) is 0.226. The second kappa shape index (κ2) is 11.8. The van der Waals surface area contributed by atoms with E-state index in [4.69, 9.17) is 4.74 Å². The lowest BCUT2D eigenvalue weighted by Gasteiger charge is -2.24. The summed E-state index contributed by atoms with van der Waals surface area (Å²) in [6.45, 7) is 9.56. The molecule has 0 aliphatic rings. The molecule has 1 aromatic heterocycles. The van der Waals surface area contributed by atoms with Gasteiger partial charge in [0.05, 0.1) is 23.9 Å². The number of amides is 1. The summed E-state index contributed by atoms with van der Waals surface area (Å²) in [6.07, 6.45) is 1.57. The molecule has 0 aliphatic heterocycles. The topological polar surface area (TPSA) is 93.0 Å². The van der Waals surface area contributed by atoms with Crippen molar-refractivity contribution in [3.05, 3.63) is 106 Å². The van der Waals surface area contributed by atoms with Crippen LogP contribution in [0.1, 0.15) is 33.6 Å². The van der Waals surface area contributed by atoms with Crippen molar-refractivity contribution >= 4 is 27.8 Å². The van der Waals surface area contributed by atoms with Crippen molar-refractivity contribution in [3.8, 4) is 11.4 Å². The van der Waals surface area contributed by atoms with Crippen LogP contribution in [0.25, 0.3) is 5.69 Å². The molecule has 8 nitrogen and oxygen atoms in total. The highest BCUT2D eigenvalue weighted by Gasteiger charge is 2.27. The van der Waals surface area contributed by atoms with E-state index in [0.29, 0.717) is 11.4 Å². The molecular weight excluding hydrogens is 524 g/mol. The van der Waals surface area contributed by atoms with Gasteiger partial charge in [0.2, 0.25) is 0 Å². The zero-order chi connectivity index (χ0) is 29.0. The summed E-state index contributed by atoms with van der Waals surface area (Å²) in [4.78, 5) is 13.1. The number of anilines is 1. The number of hydrogen-bond acceptors (Lipinski definition) is 5. The first kappa shape index (κ1) is 28.6. The summed E-state index contributed by atoms with van der Waals surface area (Å²) in [5.74, 6) is -0.114. The third-order valence-corrected chi connectivity index (χ3v) is 8.48. The number of rotatable bonds is 9. The number of aromatic nitrogens is 1. The van der Waals surface area contributed by atoms with E-state index in [1.807, 2.05) is 26.8 Å². The van der Waals surface area contributed by atoms with Crippen LogP contribution in [-0.2, 0) is 14.8 Å². The molecule has 40 heavy (non-hydrogen) atoms. The van der Waals surface area contributed by atoms with E-state index in [-0.39, 0.29) is 4.90 Å². The van der Waals surface area contributed by atoms with Gasteiger partial charge in [0, 0.05) is 28.7 Å². The molecule has 0 unspecified atom stereocenters. The van der Waals surface area contributed by atoms with Crippen molar-refractivity contribution in [2.45, 2.75) is 39.5 Å². The lowest BCUT2D eigenvalue weighted by molar-refractivity contribution is -0.119. The number of nitrogens with zero attached hydrogens (tertiary/aromatic N) is 3. The highest BCUT2D eigenvalue weighted by atomic mass is 32.2. The number of sulfonamides is 1. The van der Waals surface area contributed by atoms with Gasteiger partial charge in [0.25, 0.3) is 15.9 Å². The Kier molecular flexibility index (Phi) is 8.44. The van der Waals surface area contributed by atoms with Gasteiger partial charge in [-0.1, -0.05) is 41.5 Å². The molecule has 0 radical (unpaired) electrons. The summed E-state index contributed by atoms with van der Waals surface area (Å²) in [7, 11) is -2.56. The van der Waals surface area contributed by atoms with E-state index in [0.717, 1.165) is 38.1 Å². The Bertz CT molecular complexity index is 1670. The maximum absolute atomic E-state index is 13.6. The Labute approximate surface area is 236 Å². The van der Waals surface area contributed by atoms with Crippen molar-refractivity contribution in [1.29, 1.82) is 0 Å². The number of hydrogen-bond donors (Lipinski definition) is 1. The van der Waals surface area contributed by atoms with Gasteiger partial charge in [0.15, 0.2) is 0 Å². The third kappa shape index (κ3) is 6.10. The molecule has 1 N–H and O–H groups in total. The van der Waals surface area contributed by atoms with E-state index in [1.54, 1.807) is 42.6 Å². The van der Waals surface area contributed by atoms with Crippen LogP contribution in [0.15, 0.2) is 82.8 Å². The van der Waals surface area contributed by atoms with E-state index in [1.165, 1.54) is 24.8 Å². The number of carbonyl (C=O) groups excluding carboxylic acids is 1. The first-order valence-electron chi connectivity index (χ1n) is 12.8. The van der Waals surface area contributed by atoms with Crippen molar-refractivity contribution in [1.82, 2.24) is 9.99 Å². The molecule has 1 heterocycles. The molecule has 3 aromatic carbocycles. The molecular formula is C31H34N4O4S. The average molecular weight is 559 g/mol. The van der Waals surface area contributed by atoms with Crippen LogP contribution in [0, 0.1) is 34.6 Å². The van der Waals surface area contributed by atoms with Crippen LogP contribution in [0.2, 0.25) is 0 Å². The Morgan fingerprint density at radius 2 is 1.65 bits per heavy atom. The number of hydrazone groups is 1. The largest absolute Gasteiger partial charge is 0.497 e. The Balaban J connectivity index is 1.57. The monoisotopic (exact) mass is 558 g/mol. The van der Waals surface area contributed by atoms with Gasteiger partial charge in [-0.15, -0.1) is 0 Å². The predicted octanol–water partition coefficient (Wildman–Crippen LogP) is 5.37. The summed E-state index contributed by atoms with van der Waals surface area (Å²) in [5, 5.41) is 4.15. The molecule has 0 fully saturated rings. The van der Waals surface area contributed by atoms with E-state index in [9.17, 15) is 13.2 Å². The minimum absolute atomic E-state index is 0.0797. The van der Waals surface area contributed by atoms with Gasteiger partial charge in [-0.2, -0.15) is 5.10 Å². The molecule has 0 atom stereocenters. The molecule has 0 bridgehead atoms. The molecule has 1 amide bonds. The highest BCUT2D eigenvalue weighted by Crippen LogP contribution is 2.27. The summed E-state index contributed by atoms with van der Waals surface area (Å²) < 4.78 is 35.7. The fourth-order valence-corrected chi connectivity index (χ4v) is 6.02. The number of methoxy groups -OCH3 is 1. The second-order valence-electron chi connectivity index (χ2n) is 9.77. The Hall–Kier alpha value is -4.37. The number of benzene rings is 3. The van der Waals surface area contributed by atoms with Crippen LogP contribution in [0.4, 0.5) is 5.69 Å².